The van der Waals surface area contributed by atoms with Crippen LogP contribution in [-0.4, -0.2) is 60.2 Å². The molecule has 2 aromatic rings. The van der Waals surface area contributed by atoms with Crippen LogP contribution >= 0.6 is 11.8 Å². The lowest BCUT2D eigenvalue weighted by Gasteiger charge is -2.26. The Labute approximate surface area is 162 Å². The second kappa shape index (κ2) is 8.53. The molecule has 2 heterocycles. The molecule has 144 valence electrons. The molecule has 1 N–H and O–H groups in total. The molecule has 0 aliphatic carbocycles. The van der Waals surface area contributed by atoms with Crippen LogP contribution in [0.1, 0.15) is 21.5 Å². The maximum absolute atomic E-state index is 12.4. The van der Waals surface area contributed by atoms with Crippen molar-refractivity contribution in [3.05, 3.63) is 41.1 Å². The highest BCUT2D eigenvalue weighted by atomic mass is 32.2. The monoisotopic (exact) mass is 390 g/mol. The molecule has 0 spiro atoms. The van der Waals surface area contributed by atoms with Gasteiger partial charge in [0.2, 0.25) is 16.3 Å². The van der Waals surface area contributed by atoms with Crippen LogP contribution in [-0.2, 0) is 4.79 Å². The van der Waals surface area contributed by atoms with Gasteiger partial charge in [-0.3, -0.25) is 19.4 Å². The van der Waals surface area contributed by atoms with Gasteiger partial charge in [-0.2, -0.15) is 5.01 Å². The van der Waals surface area contributed by atoms with Gasteiger partial charge in [0.1, 0.15) is 0 Å². The van der Waals surface area contributed by atoms with E-state index >= 15 is 0 Å². The molecule has 0 unspecified atom stereocenters. The van der Waals surface area contributed by atoms with Crippen LogP contribution in [0.4, 0.5) is 5.88 Å². The molecule has 8 nitrogen and oxygen atoms in total. The van der Waals surface area contributed by atoms with Crippen molar-refractivity contribution in [1.29, 1.82) is 0 Å². The summed E-state index contributed by atoms with van der Waals surface area (Å²) in [5.41, 5.74) is 2.50. The van der Waals surface area contributed by atoms with Crippen LogP contribution in [0.3, 0.4) is 0 Å². The number of carbonyl (C=O) groups is 2. The lowest BCUT2D eigenvalue weighted by atomic mass is 10.0. The Balaban J connectivity index is 1.52. The lowest BCUT2D eigenvalue weighted by Crippen LogP contribution is -2.64. The first-order valence-electron chi connectivity index (χ1n) is 8.79. The van der Waals surface area contributed by atoms with E-state index in [9.17, 15) is 9.59 Å². The largest absolute Gasteiger partial charge is 0.305 e. The second-order valence-electron chi connectivity index (χ2n) is 6.63. The van der Waals surface area contributed by atoms with Crippen molar-refractivity contribution < 1.29 is 18.9 Å². The Morgan fingerprint density at radius 2 is 1.89 bits per heavy atom. The number of thioether (sulfide) groups is 1. The number of hydrogen-bond donors (Lipinski definition) is 1. The Kier molecular flexibility index (Phi) is 6.12. The summed E-state index contributed by atoms with van der Waals surface area (Å²) >= 11 is 0.985. The number of carbonyl (C=O) groups excluding carboxylic acids is 2. The maximum atomic E-state index is 12.4. The topological polar surface area (TPSA) is 82.6 Å². The van der Waals surface area contributed by atoms with E-state index in [0.717, 1.165) is 49.1 Å². The van der Waals surface area contributed by atoms with Crippen molar-refractivity contribution >= 4 is 28.7 Å². The highest BCUT2D eigenvalue weighted by Crippen LogP contribution is 2.20. The molecule has 1 saturated heterocycles. The van der Waals surface area contributed by atoms with Gasteiger partial charge in [-0.05, 0) is 32.0 Å². The number of nitrogens with one attached hydrogen (secondary N) is 1. The molecular weight excluding hydrogens is 366 g/mol. The summed E-state index contributed by atoms with van der Waals surface area (Å²) in [7, 11) is 2.08. The molecule has 3 rings (SSSR count). The van der Waals surface area contributed by atoms with Gasteiger partial charge in [-0.1, -0.05) is 30.0 Å². The van der Waals surface area contributed by atoms with Crippen molar-refractivity contribution in [2.24, 2.45) is 0 Å². The Hall–Kier alpha value is -2.39. The van der Waals surface area contributed by atoms with Gasteiger partial charge in [-0.15, -0.1) is 0 Å². The average Bonchev–Trinajstić information content (AvgIpc) is 3.09. The van der Waals surface area contributed by atoms with Gasteiger partial charge in [0.15, 0.2) is 0 Å². The van der Waals surface area contributed by atoms with Gasteiger partial charge in [-0.25, -0.2) is 0 Å². The number of rotatable bonds is 5. The Morgan fingerprint density at radius 3 is 2.56 bits per heavy atom. The quantitative estimate of drug-likeness (QED) is 0.762. The lowest BCUT2D eigenvalue weighted by molar-refractivity contribution is -0.759. The number of aryl methyl sites for hydroxylation is 2. The van der Waals surface area contributed by atoms with E-state index in [0.29, 0.717) is 5.56 Å². The van der Waals surface area contributed by atoms with E-state index in [1.807, 2.05) is 37.1 Å². The first-order valence-corrected chi connectivity index (χ1v) is 9.78. The molecule has 27 heavy (non-hydrogen) atoms. The summed E-state index contributed by atoms with van der Waals surface area (Å²) in [5, 5.41) is 8.53. The zero-order valence-electron chi connectivity index (χ0n) is 15.8. The smallest absolute Gasteiger partial charge is 0.302 e. The summed E-state index contributed by atoms with van der Waals surface area (Å²) in [6.45, 7) is 7.35. The van der Waals surface area contributed by atoms with Crippen molar-refractivity contribution in [3.63, 3.8) is 0 Å². The predicted molar refractivity (Wildman–Crippen MR) is 103 cm³/mol. The molecule has 0 atom stereocenters. The molecule has 0 bridgehead atoms. The number of likely N-dealkylation sites (N-methyl/N-ethyl adjacent to an activating group) is 1. The fourth-order valence-corrected chi connectivity index (χ4v) is 3.74. The molecule has 0 radical (unpaired) electrons. The van der Waals surface area contributed by atoms with Crippen LogP contribution in [0, 0.1) is 13.8 Å². The van der Waals surface area contributed by atoms with Crippen LogP contribution in [0.15, 0.2) is 28.9 Å². The zero-order valence-corrected chi connectivity index (χ0v) is 16.6. The Morgan fingerprint density at radius 1 is 1.22 bits per heavy atom. The third-order valence-corrected chi connectivity index (χ3v) is 5.38. The third-order valence-electron chi connectivity index (χ3n) is 4.51. The van der Waals surface area contributed by atoms with E-state index in [4.69, 9.17) is 4.52 Å². The van der Waals surface area contributed by atoms with Crippen LogP contribution in [0.5, 0.6) is 0 Å². The molecule has 1 amide bonds. The van der Waals surface area contributed by atoms with Crippen LogP contribution in [0.25, 0.3) is 0 Å². The average molecular weight is 390 g/mol. The fraction of sp³-hybridized carbons (Fsp3) is 0.444. The van der Waals surface area contributed by atoms with Gasteiger partial charge < -0.3 is 4.90 Å². The van der Waals surface area contributed by atoms with Crippen molar-refractivity contribution in [3.8, 4) is 0 Å². The molecule has 1 aromatic heterocycles. The summed E-state index contributed by atoms with van der Waals surface area (Å²) in [6.07, 6.45) is 1.64. The third kappa shape index (κ3) is 4.86. The normalized spacial score (nSPS) is 15.0. The van der Waals surface area contributed by atoms with Crippen molar-refractivity contribution in [2.75, 3.05) is 49.3 Å². The highest BCUT2D eigenvalue weighted by Gasteiger charge is 2.25. The minimum absolute atomic E-state index is 0.0157. The van der Waals surface area contributed by atoms with E-state index in [1.54, 1.807) is 11.0 Å². The van der Waals surface area contributed by atoms with Gasteiger partial charge in [0.25, 0.3) is 6.20 Å². The Bertz CT molecular complexity index is 810. The molecule has 1 fully saturated rings. The van der Waals surface area contributed by atoms with E-state index in [-0.39, 0.29) is 22.7 Å². The number of benzene rings is 1. The minimum Gasteiger partial charge on any atom is -0.302 e. The van der Waals surface area contributed by atoms with E-state index in [1.165, 1.54) is 0 Å². The van der Waals surface area contributed by atoms with Crippen LogP contribution < -0.4 is 15.1 Å². The number of nitrogens with zero attached hydrogens (tertiary/aromatic N) is 4. The maximum Gasteiger partial charge on any atom is 0.305 e. The predicted octanol–water partition coefficient (Wildman–Crippen LogP) is 0.974. The fourth-order valence-electron chi connectivity index (χ4n) is 2.94. The zero-order chi connectivity index (χ0) is 19.4. The minimum atomic E-state index is -0.304. The molecular formula is C18H24N5O3S+. The number of hydrogen-bond acceptors (Lipinski definition) is 7. The summed E-state index contributed by atoms with van der Waals surface area (Å²) < 4.78 is 5.18. The number of anilines is 1. The molecule has 9 heteroatoms. The van der Waals surface area contributed by atoms with Gasteiger partial charge >= 0.3 is 5.88 Å². The van der Waals surface area contributed by atoms with Gasteiger partial charge in [0.05, 0.1) is 23.6 Å². The number of piperazine rings is 1. The van der Waals surface area contributed by atoms with Crippen molar-refractivity contribution in [1.82, 2.24) is 10.2 Å². The van der Waals surface area contributed by atoms with Crippen molar-refractivity contribution in [2.45, 2.75) is 13.8 Å². The van der Waals surface area contributed by atoms with E-state index < -0.39 is 0 Å². The summed E-state index contributed by atoms with van der Waals surface area (Å²) in [4.78, 5) is 28.4. The first-order chi connectivity index (χ1) is 12.9. The van der Waals surface area contributed by atoms with E-state index in [2.05, 4.69) is 22.5 Å². The molecule has 1 aromatic carbocycles. The summed E-state index contributed by atoms with van der Waals surface area (Å²) in [5.74, 6) is -0.0257. The summed E-state index contributed by atoms with van der Waals surface area (Å²) in [6, 6.07) is 5.71. The molecule has 0 saturated carbocycles. The second-order valence-corrected chi connectivity index (χ2v) is 7.58. The standard InChI is InChI=1S/C18H23N5O3S/c1-13-5-4-6-14(2)17(13)18(25)27-12-15(24)19-16-11-23(20-26-16)22-9-7-21(3)8-10-22/h4-6,11H,7-10,12H2,1-3H3/p+1. The molecule has 1 aliphatic heterocycles. The first kappa shape index (κ1) is 19.4. The highest BCUT2D eigenvalue weighted by molar-refractivity contribution is 8.14. The van der Waals surface area contributed by atoms with Gasteiger partial charge in [0, 0.05) is 18.7 Å². The molecule has 1 aliphatic rings. The van der Waals surface area contributed by atoms with Crippen LogP contribution in [0.2, 0.25) is 0 Å². The number of aromatic nitrogens is 2. The number of amides is 1. The SMILES string of the molecule is Cc1cccc(C)c1C(=O)SCC(=O)Nc1c[n+](N2CCN(C)CC2)no1.